The summed E-state index contributed by atoms with van der Waals surface area (Å²) in [6.45, 7) is -0.0275. The second-order valence-corrected chi connectivity index (χ2v) is 1.74. The Morgan fingerprint density at radius 3 is 2.78 bits per heavy atom. The SMILES string of the molecule is [B]c1ccc(CO)nc1. The van der Waals surface area contributed by atoms with Gasteiger partial charge in [0.15, 0.2) is 0 Å². The van der Waals surface area contributed by atoms with Gasteiger partial charge in [-0.1, -0.05) is 11.5 Å². The maximum atomic E-state index is 8.53. The van der Waals surface area contributed by atoms with Gasteiger partial charge in [-0.15, -0.1) is 0 Å². The van der Waals surface area contributed by atoms with Crippen molar-refractivity contribution in [2.45, 2.75) is 6.61 Å². The number of aliphatic hydroxyl groups is 1. The van der Waals surface area contributed by atoms with Crippen LogP contribution in [-0.2, 0) is 6.61 Å². The van der Waals surface area contributed by atoms with Crippen LogP contribution in [0.1, 0.15) is 5.69 Å². The van der Waals surface area contributed by atoms with Crippen LogP contribution in [0.3, 0.4) is 0 Å². The highest BCUT2D eigenvalue weighted by molar-refractivity contribution is 6.31. The van der Waals surface area contributed by atoms with E-state index in [1.807, 2.05) is 0 Å². The van der Waals surface area contributed by atoms with Crippen molar-refractivity contribution >= 4 is 13.3 Å². The molecule has 3 heteroatoms. The lowest BCUT2D eigenvalue weighted by Gasteiger charge is -1.93. The first-order valence-corrected chi connectivity index (χ1v) is 2.64. The molecule has 9 heavy (non-hydrogen) atoms. The fourth-order valence-corrected chi connectivity index (χ4v) is 0.529. The van der Waals surface area contributed by atoms with E-state index in [9.17, 15) is 0 Å². The Morgan fingerprint density at radius 1 is 1.56 bits per heavy atom. The highest BCUT2D eigenvalue weighted by Gasteiger charge is 1.87. The van der Waals surface area contributed by atoms with Gasteiger partial charge in [-0.25, -0.2) is 0 Å². The number of hydrogen-bond acceptors (Lipinski definition) is 2. The zero-order valence-corrected chi connectivity index (χ0v) is 4.91. The standard InChI is InChI=1S/C6H6BNO/c7-5-1-2-6(4-9)8-3-5/h1-3,9H,4H2. The summed E-state index contributed by atoms with van der Waals surface area (Å²) in [5.41, 5.74) is 1.26. The summed E-state index contributed by atoms with van der Waals surface area (Å²) < 4.78 is 0. The molecule has 0 unspecified atom stereocenters. The lowest BCUT2D eigenvalue weighted by Crippen LogP contribution is -2.03. The van der Waals surface area contributed by atoms with Gasteiger partial charge < -0.3 is 5.11 Å². The second-order valence-electron chi connectivity index (χ2n) is 1.74. The van der Waals surface area contributed by atoms with Gasteiger partial charge in [-0.3, -0.25) is 4.98 Å². The number of aromatic nitrogens is 1. The van der Waals surface area contributed by atoms with Gasteiger partial charge in [0.2, 0.25) is 0 Å². The van der Waals surface area contributed by atoms with Crippen LogP contribution in [0.25, 0.3) is 0 Å². The molecular formula is C6H6BNO. The summed E-state index contributed by atoms with van der Waals surface area (Å²) in [4.78, 5) is 3.82. The quantitative estimate of drug-likeness (QED) is 0.499. The average Bonchev–Trinajstić information content (AvgIpc) is 1.90. The first-order chi connectivity index (χ1) is 4.33. The highest BCUT2D eigenvalue weighted by Crippen LogP contribution is 1.87. The molecule has 1 aromatic heterocycles. The molecule has 0 saturated heterocycles. The molecule has 0 aliphatic rings. The van der Waals surface area contributed by atoms with Crippen LogP contribution in [-0.4, -0.2) is 17.9 Å². The molecule has 0 fully saturated rings. The summed E-state index contributed by atoms with van der Waals surface area (Å²) in [6, 6.07) is 3.40. The first kappa shape index (κ1) is 6.30. The van der Waals surface area contributed by atoms with E-state index in [0.717, 1.165) is 0 Å². The fourth-order valence-electron chi connectivity index (χ4n) is 0.529. The van der Waals surface area contributed by atoms with Gasteiger partial charge in [0.1, 0.15) is 7.85 Å². The van der Waals surface area contributed by atoms with Crippen molar-refractivity contribution in [3.63, 3.8) is 0 Å². The molecule has 0 aliphatic carbocycles. The predicted octanol–water partition coefficient (Wildman–Crippen LogP) is -0.632. The van der Waals surface area contributed by atoms with E-state index < -0.39 is 0 Å². The molecule has 0 aliphatic heterocycles. The molecule has 1 N–H and O–H groups in total. The minimum Gasteiger partial charge on any atom is -0.390 e. The molecule has 1 heterocycles. The van der Waals surface area contributed by atoms with Crippen molar-refractivity contribution in [3.8, 4) is 0 Å². The van der Waals surface area contributed by atoms with Crippen LogP contribution in [0.5, 0.6) is 0 Å². The van der Waals surface area contributed by atoms with E-state index >= 15 is 0 Å². The molecule has 0 atom stereocenters. The number of nitrogens with zero attached hydrogens (tertiary/aromatic N) is 1. The predicted molar refractivity (Wildman–Crippen MR) is 35.5 cm³/mol. The number of hydrogen-bond donors (Lipinski definition) is 1. The van der Waals surface area contributed by atoms with E-state index in [1.165, 1.54) is 6.20 Å². The van der Waals surface area contributed by atoms with Crippen LogP contribution in [0.15, 0.2) is 18.3 Å². The molecule has 0 amide bonds. The van der Waals surface area contributed by atoms with Crippen LogP contribution in [0, 0.1) is 0 Å². The normalized spacial score (nSPS) is 9.44. The maximum absolute atomic E-state index is 8.53. The third kappa shape index (κ3) is 1.54. The molecule has 2 nitrogen and oxygen atoms in total. The van der Waals surface area contributed by atoms with Gasteiger partial charge in [-0.2, -0.15) is 0 Å². The van der Waals surface area contributed by atoms with Crippen molar-refractivity contribution < 1.29 is 5.11 Å². The second kappa shape index (κ2) is 2.64. The maximum Gasteiger partial charge on any atom is 0.115 e. The third-order valence-electron chi connectivity index (χ3n) is 1.01. The minimum atomic E-state index is -0.0275. The van der Waals surface area contributed by atoms with Crippen LogP contribution < -0.4 is 5.46 Å². The molecule has 0 aromatic carbocycles. The van der Waals surface area contributed by atoms with Gasteiger partial charge in [0.25, 0.3) is 0 Å². The van der Waals surface area contributed by atoms with Gasteiger partial charge >= 0.3 is 0 Å². The fraction of sp³-hybridized carbons (Fsp3) is 0.167. The Labute approximate surface area is 55.0 Å². The molecule has 44 valence electrons. The van der Waals surface area contributed by atoms with Crippen LogP contribution in [0.2, 0.25) is 0 Å². The lowest BCUT2D eigenvalue weighted by atomic mass is 9.99. The topological polar surface area (TPSA) is 33.1 Å². The molecule has 0 saturated carbocycles. The van der Waals surface area contributed by atoms with E-state index in [0.29, 0.717) is 11.2 Å². The van der Waals surface area contributed by atoms with Gasteiger partial charge in [0, 0.05) is 6.20 Å². The summed E-state index contributed by atoms with van der Waals surface area (Å²) in [5.74, 6) is 0. The van der Waals surface area contributed by atoms with Crippen LogP contribution in [0.4, 0.5) is 0 Å². The Kier molecular flexibility index (Phi) is 1.85. The van der Waals surface area contributed by atoms with Crippen molar-refractivity contribution in [3.05, 3.63) is 24.0 Å². The van der Waals surface area contributed by atoms with E-state index in [2.05, 4.69) is 4.98 Å². The Hall–Kier alpha value is -0.825. The Bertz CT molecular complexity index is 185. The zero-order chi connectivity index (χ0) is 6.69. The number of pyridine rings is 1. The average molecular weight is 119 g/mol. The van der Waals surface area contributed by atoms with E-state index in [4.69, 9.17) is 13.0 Å². The lowest BCUT2D eigenvalue weighted by molar-refractivity contribution is 0.277. The van der Waals surface area contributed by atoms with Gasteiger partial charge in [0.05, 0.1) is 12.3 Å². The summed E-state index contributed by atoms with van der Waals surface area (Å²) in [7, 11) is 5.34. The van der Waals surface area contributed by atoms with E-state index in [1.54, 1.807) is 12.1 Å². The monoisotopic (exact) mass is 119 g/mol. The van der Waals surface area contributed by atoms with Crippen molar-refractivity contribution in [1.82, 2.24) is 4.98 Å². The number of rotatable bonds is 1. The zero-order valence-electron chi connectivity index (χ0n) is 4.91. The molecule has 0 spiro atoms. The molecule has 2 radical (unpaired) electrons. The summed E-state index contributed by atoms with van der Waals surface area (Å²) in [5, 5.41) is 8.53. The van der Waals surface area contributed by atoms with Crippen molar-refractivity contribution in [2.24, 2.45) is 0 Å². The Morgan fingerprint density at radius 2 is 2.33 bits per heavy atom. The minimum absolute atomic E-state index is 0.0275. The smallest absolute Gasteiger partial charge is 0.115 e. The van der Waals surface area contributed by atoms with Gasteiger partial charge in [-0.05, 0) is 6.07 Å². The molecule has 1 aromatic rings. The summed E-state index contributed by atoms with van der Waals surface area (Å²) in [6.07, 6.45) is 1.52. The first-order valence-electron chi connectivity index (χ1n) is 2.64. The number of aliphatic hydroxyl groups excluding tert-OH is 1. The van der Waals surface area contributed by atoms with E-state index in [-0.39, 0.29) is 6.61 Å². The molecular weight excluding hydrogens is 113 g/mol. The van der Waals surface area contributed by atoms with Crippen molar-refractivity contribution in [1.29, 1.82) is 0 Å². The molecule has 1 rings (SSSR count). The Balaban J connectivity index is 2.88. The largest absolute Gasteiger partial charge is 0.390 e. The molecule has 0 bridgehead atoms. The summed E-state index contributed by atoms with van der Waals surface area (Å²) >= 11 is 0. The van der Waals surface area contributed by atoms with Crippen molar-refractivity contribution in [2.75, 3.05) is 0 Å². The van der Waals surface area contributed by atoms with Crippen LogP contribution >= 0.6 is 0 Å². The third-order valence-corrected chi connectivity index (χ3v) is 1.01. The highest BCUT2D eigenvalue weighted by atomic mass is 16.3.